The van der Waals surface area contributed by atoms with Crippen LogP contribution in [0.5, 0.6) is 0 Å². The number of carbonyl (C=O) groups excluding carboxylic acids is 1. The SMILES string of the molecule is CCCCCc1nc(C(=O)CCCC)nn1Cc1ccc(-c2ccccc2-c2nnn[nH]2)cc1. The van der Waals surface area contributed by atoms with Gasteiger partial charge in [-0.15, -0.1) is 10.2 Å². The summed E-state index contributed by atoms with van der Waals surface area (Å²) in [5, 5.41) is 18.9. The third-order valence-corrected chi connectivity index (χ3v) is 5.88. The van der Waals surface area contributed by atoms with Crippen molar-refractivity contribution < 1.29 is 4.79 Å². The largest absolute Gasteiger partial charge is 0.291 e. The Hall–Kier alpha value is -3.68. The van der Waals surface area contributed by atoms with Crippen molar-refractivity contribution in [3.8, 4) is 22.5 Å². The molecule has 176 valence electrons. The topological polar surface area (TPSA) is 102 Å². The second-order valence-electron chi connectivity index (χ2n) is 8.49. The van der Waals surface area contributed by atoms with E-state index in [9.17, 15) is 4.79 Å². The van der Waals surface area contributed by atoms with Gasteiger partial charge in [0.15, 0.2) is 5.82 Å². The Labute approximate surface area is 199 Å². The second-order valence-corrected chi connectivity index (χ2v) is 8.49. The average Bonchev–Trinajstić information content (AvgIpc) is 3.54. The van der Waals surface area contributed by atoms with Crippen molar-refractivity contribution in [2.24, 2.45) is 0 Å². The molecule has 1 N–H and O–H groups in total. The fourth-order valence-electron chi connectivity index (χ4n) is 3.96. The normalized spacial score (nSPS) is 11.1. The molecule has 8 heteroatoms. The van der Waals surface area contributed by atoms with E-state index in [1.54, 1.807) is 0 Å². The Bertz CT molecular complexity index is 1200. The summed E-state index contributed by atoms with van der Waals surface area (Å²) in [7, 11) is 0. The van der Waals surface area contributed by atoms with E-state index < -0.39 is 0 Å². The van der Waals surface area contributed by atoms with E-state index in [2.05, 4.69) is 74.9 Å². The maximum atomic E-state index is 12.5. The molecule has 2 aromatic heterocycles. The van der Waals surface area contributed by atoms with Crippen LogP contribution in [0.25, 0.3) is 22.5 Å². The number of aryl methyl sites for hydroxylation is 1. The number of tetrazole rings is 1. The Morgan fingerprint density at radius 1 is 0.941 bits per heavy atom. The maximum Gasteiger partial charge on any atom is 0.217 e. The van der Waals surface area contributed by atoms with Gasteiger partial charge in [0.25, 0.3) is 0 Å². The van der Waals surface area contributed by atoms with E-state index >= 15 is 0 Å². The van der Waals surface area contributed by atoms with Crippen LogP contribution < -0.4 is 0 Å². The van der Waals surface area contributed by atoms with Crippen LogP contribution in [-0.4, -0.2) is 41.2 Å². The van der Waals surface area contributed by atoms with Gasteiger partial charge in [0.05, 0.1) is 6.54 Å². The third-order valence-electron chi connectivity index (χ3n) is 5.88. The van der Waals surface area contributed by atoms with Crippen LogP contribution in [0.1, 0.15) is 74.4 Å². The van der Waals surface area contributed by atoms with Crippen LogP contribution in [0.15, 0.2) is 48.5 Å². The highest BCUT2D eigenvalue weighted by molar-refractivity contribution is 5.92. The number of unbranched alkanes of at least 4 members (excludes halogenated alkanes) is 3. The fraction of sp³-hybridized carbons (Fsp3) is 0.385. The summed E-state index contributed by atoms with van der Waals surface area (Å²) in [4.78, 5) is 17.1. The predicted octanol–water partition coefficient (Wildman–Crippen LogP) is 5.28. The Kier molecular flexibility index (Phi) is 7.91. The number of H-pyrrole nitrogens is 1. The summed E-state index contributed by atoms with van der Waals surface area (Å²) in [5.41, 5.74) is 4.19. The van der Waals surface area contributed by atoms with Gasteiger partial charge in [-0.3, -0.25) is 4.79 Å². The first kappa shape index (κ1) is 23.5. The van der Waals surface area contributed by atoms with Gasteiger partial charge < -0.3 is 0 Å². The number of nitrogens with one attached hydrogen (secondary N) is 1. The molecule has 0 saturated carbocycles. The molecule has 4 rings (SSSR count). The van der Waals surface area contributed by atoms with Crippen LogP contribution in [0.3, 0.4) is 0 Å². The molecule has 0 unspecified atom stereocenters. The molecule has 0 atom stereocenters. The lowest BCUT2D eigenvalue weighted by Gasteiger charge is -2.09. The summed E-state index contributed by atoms with van der Waals surface area (Å²) >= 11 is 0. The molecule has 4 aromatic rings. The molecule has 0 bridgehead atoms. The molecule has 8 nitrogen and oxygen atoms in total. The van der Waals surface area contributed by atoms with Gasteiger partial charge in [0.1, 0.15) is 5.82 Å². The summed E-state index contributed by atoms with van der Waals surface area (Å²) in [6.07, 6.45) is 6.51. The number of aromatic nitrogens is 7. The minimum atomic E-state index is 0.0335. The lowest BCUT2D eigenvalue weighted by Crippen LogP contribution is -2.08. The van der Waals surface area contributed by atoms with Crippen LogP contribution in [-0.2, 0) is 13.0 Å². The Morgan fingerprint density at radius 3 is 2.41 bits per heavy atom. The van der Waals surface area contributed by atoms with Crippen LogP contribution in [0, 0.1) is 0 Å². The van der Waals surface area contributed by atoms with Crippen LogP contribution in [0.2, 0.25) is 0 Å². The van der Waals surface area contributed by atoms with E-state index in [1.165, 1.54) is 0 Å². The molecule has 0 radical (unpaired) electrons. The minimum Gasteiger partial charge on any atom is -0.291 e. The highest BCUT2D eigenvalue weighted by atomic mass is 16.1. The van der Waals surface area contributed by atoms with Gasteiger partial charge in [0, 0.05) is 18.4 Å². The molecular formula is C26H31N7O. The Morgan fingerprint density at radius 2 is 1.71 bits per heavy atom. The van der Waals surface area contributed by atoms with Gasteiger partial charge >= 0.3 is 0 Å². The molecule has 0 aliphatic rings. The average molecular weight is 458 g/mol. The van der Waals surface area contributed by atoms with Crippen LogP contribution >= 0.6 is 0 Å². The van der Waals surface area contributed by atoms with Gasteiger partial charge in [-0.1, -0.05) is 81.6 Å². The predicted molar refractivity (Wildman–Crippen MR) is 131 cm³/mol. The van der Waals surface area contributed by atoms with Crippen molar-refractivity contribution in [3.05, 3.63) is 65.7 Å². The van der Waals surface area contributed by atoms with Crippen molar-refractivity contribution in [1.82, 2.24) is 35.4 Å². The second kappa shape index (κ2) is 11.4. The molecule has 0 aliphatic carbocycles. The van der Waals surface area contributed by atoms with Gasteiger partial charge in [-0.2, -0.15) is 0 Å². The van der Waals surface area contributed by atoms with E-state index in [0.717, 1.165) is 66.6 Å². The van der Waals surface area contributed by atoms with Gasteiger partial charge in [0.2, 0.25) is 11.6 Å². The number of carbonyl (C=O) groups is 1. The lowest BCUT2D eigenvalue weighted by molar-refractivity contribution is 0.0969. The van der Waals surface area contributed by atoms with Crippen LogP contribution in [0.4, 0.5) is 0 Å². The molecule has 0 aliphatic heterocycles. The zero-order valence-corrected chi connectivity index (χ0v) is 19.9. The molecule has 0 spiro atoms. The summed E-state index contributed by atoms with van der Waals surface area (Å²) in [6, 6.07) is 16.4. The molecule has 0 saturated heterocycles. The number of hydrogen-bond acceptors (Lipinski definition) is 6. The highest BCUT2D eigenvalue weighted by Gasteiger charge is 2.16. The lowest BCUT2D eigenvalue weighted by atomic mass is 9.98. The summed E-state index contributed by atoms with van der Waals surface area (Å²) in [6.45, 7) is 4.85. The molecule has 2 heterocycles. The monoisotopic (exact) mass is 457 g/mol. The van der Waals surface area contributed by atoms with Crippen molar-refractivity contribution >= 4 is 5.78 Å². The first-order valence-electron chi connectivity index (χ1n) is 12.1. The minimum absolute atomic E-state index is 0.0335. The number of nitrogens with zero attached hydrogens (tertiary/aromatic N) is 6. The Balaban J connectivity index is 1.55. The summed E-state index contributed by atoms with van der Waals surface area (Å²) < 4.78 is 1.90. The number of rotatable bonds is 12. The zero-order chi connectivity index (χ0) is 23.8. The first-order chi connectivity index (χ1) is 16.7. The number of hydrogen-bond donors (Lipinski definition) is 1. The summed E-state index contributed by atoms with van der Waals surface area (Å²) in [5.74, 6) is 1.91. The van der Waals surface area contributed by atoms with Crippen molar-refractivity contribution in [3.63, 3.8) is 0 Å². The number of benzene rings is 2. The third kappa shape index (κ3) is 5.62. The number of ketones is 1. The molecule has 34 heavy (non-hydrogen) atoms. The van der Waals surface area contributed by atoms with Crippen molar-refractivity contribution in [2.75, 3.05) is 0 Å². The van der Waals surface area contributed by atoms with Gasteiger partial charge in [-0.05, 0) is 40.0 Å². The highest BCUT2D eigenvalue weighted by Crippen LogP contribution is 2.29. The maximum absolute atomic E-state index is 12.5. The van der Waals surface area contributed by atoms with Crippen molar-refractivity contribution in [2.45, 2.75) is 65.3 Å². The molecule has 0 fully saturated rings. The molecule has 0 amide bonds. The number of Topliss-reactive ketones (excluding diaryl/α,β-unsaturated/α-hetero) is 1. The fourth-order valence-corrected chi connectivity index (χ4v) is 3.96. The molecule has 2 aromatic carbocycles. The van der Waals surface area contributed by atoms with E-state index in [-0.39, 0.29) is 5.78 Å². The smallest absolute Gasteiger partial charge is 0.217 e. The quantitative estimate of drug-likeness (QED) is 0.229. The van der Waals surface area contributed by atoms with E-state index in [0.29, 0.717) is 24.6 Å². The van der Waals surface area contributed by atoms with E-state index in [1.807, 2.05) is 22.9 Å². The molecular weight excluding hydrogens is 426 g/mol. The van der Waals surface area contributed by atoms with E-state index in [4.69, 9.17) is 0 Å². The zero-order valence-electron chi connectivity index (χ0n) is 19.9. The standard InChI is InChI=1S/C26H31N7O/c1-3-5-7-13-24-27-26(23(34)12-6-4-2)30-33(24)18-19-14-16-20(17-15-19)21-10-8-9-11-22(21)25-28-31-32-29-25/h8-11,14-17H,3-7,12-13,18H2,1-2H3,(H,28,29,31,32). The van der Waals surface area contributed by atoms with Crippen molar-refractivity contribution in [1.29, 1.82) is 0 Å². The number of aromatic amines is 1. The first-order valence-corrected chi connectivity index (χ1v) is 12.1. The van der Waals surface area contributed by atoms with Gasteiger partial charge in [-0.25, -0.2) is 14.8 Å².